The summed E-state index contributed by atoms with van der Waals surface area (Å²) in [6.45, 7) is 7.12. The van der Waals surface area contributed by atoms with Crippen LogP contribution in [0.2, 0.25) is 0 Å². The second-order valence-electron chi connectivity index (χ2n) is 8.14. The lowest BCUT2D eigenvalue weighted by Gasteiger charge is -2.27. The molecule has 2 aromatic rings. The molecule has 0 aliphatic carbocycles. The van der Waals surface area contributed by atoms with Crippen molar-refractivity contribution in [2.75, 3.05) is 45.4 Å². The van der Waals surface area contributed by atoms with E-state index < -0.39 is 6.04 Å². The van der Waals surface area contributed by atoms with E-state index in [1.54, 1.807) is 24.4 Å². The number of morpholine rings is 1. The second kappa shape index (κ2) is 11.5. The van der Waals surface area contributed by atoms with Gasteiger partial charge in [-0.15, -0.1) is 0 Å². The quantitative estimate of drug-likeness (QED) is 0.595. The Morgan fingerprint density at radius 3 is 2.30 bits per heavy atom. The summed E-state index contributed by atoms with van der Waals surface area (Å²) in [7, 11) is 3.03. The van der Waals surface area contributed by atoms with Gasteiger partial charge in [0.05, 0.1) is 27.4 Å². The first kappa shape index (κ1) is 24.3. The number of nitrogens with one attached hydrogen (secondary N) is 2. The highest BCUT2D eigenvalue weighted by molar-refractivity contribution is 5.98. The van der Waals surface area contributed by atoms with E-state index in [2.05, 4.69) is 20.5 Å². The lowest BCUT2D eigenvalue weighted by atomic mass is 10.0. The summed E-state index contributed by atoms with van der Waals surface area (Å²) in [5.74, 6) is 1.15. The lowest BCUT2D eigenvalue weighted by Crippen LogP contribution is -2.49. The van der Waals surface area contributed by atoms with E-state index in [0.717, 1.165) is 24.5 Å². The van der Waals surface area contributed by atoms with Crippen molar-refractivity contribution in [1.82, 2.24) is 15.6 Å². The van der Waals surface area contributed by atoms with Gasteiger partial charge in [0.25, 0.3) is 5.91 Å². The number of nitrogens with zero attached hydrogens (tertiary/aromatic N) is 2. The largest absolute Gasteiger partial charge is 0.497 e. The van der Waals surface area contributed by atoms with Crippen LogP contribution in [0.4, 0.5) is 5.82 Å². The Bertz CT molecular complexity index is 920. The second-order valence-corrected chi connectivity index (χ2v) is 8.14. The minimum atomic E-state index is -0.699. The van der Waals surface area contributed by atoms with E-state index in [0.29, 0.717) is 36.8 Å². The van der Waals surface area contributed by atoms with Gasteiger partial charge in [0.2, 0.25) is 5.91 Å². The number of methoxy groups -OCH3 is 2. The minimum Gasteiger partial charge on any atom is -0.497 e. The molecule has 3 rings (SSSR count). The number of hydrogen-bond acceptors (Lipinski definition) is 7. The first-order valence-electron chi connectivity index (χ1n) is 11.0. The monoisotopic (exact) mass is 456 g/mol. The molecule has 2 amide bonds. The zero-order valence-corrected chi connectivity index (χ0v) is 19.6. The van der Waals surface area contributed by atoms with Crippen molar-refractivity contribution in [3.63, 3.8) is 0 Å². The van der Waals surface area contributed by atoms with Crippen LogP contribution in [0.3, 0.4) is 0 Å². The molecule has 9 nitrogen and oxygen atoms in total. The zero-order chi connectivity index (χ0) is 23.8. The third-order valence-corrected chi connectivity index (χ3v) is 5.46. The number of ether oxygens (including phenoxy) is 3. The van der Waals surface area contributed by atoms with Crippen LogP contribution in [0.5, 0.6) is 11.5 Å². The third kappa shape index (κ3) is 6.58. The average molecular weight is 457 g/mol. The van der Waals surface area contributed by atoms with Gasteiger partial charge in [-0.25, -0.2) is 4.98 Å². The standard InChI is InChI=1S/C24H32N4O5/c1-16(2)22(27-23(29)18-11-19(31-3)13-20(12-18)32-4)24(30)26-15-17-5-6-21(25-14-17)28-7-9-33-10-8-28/h5-6,11-14,16,22H,7-10,15H2,1-4H3,(H,26,30)(H,27,29)/t22-/m0/s1. The van der Waals surface area contributed by atoms with E-state index in [1.165, 1.54) is 14.2 Å². The summed E-state index contributed by atoms with van der Waals surface area (Å²) in [6.07, 6.45) is 1.76. The maximum atomic E-state index is 12.9. The molecule has 9 heteroatoms. The molecule has 0 radical (unpaired) electrons. The molecule has 1 fully saturated rings. The van der Waals surface area contributed by atoms with E-state index in [9.17, 15) is 9.59 Å². The highest BCUT2D eigenvalue weighted by Crippen LogP contribution is 2.22. The first-order valence-corrected chi connectivity index (χ1v) is 11.0. The highest BCUT2D eigenvalue weighted by atomic mass is 16.5. The van der Waals surface area contributed by atoms with Gasteiger partial charge in [-0.05, 0) is 29.7 Å². The van der Waals surface area contributed by atoms with Crippen molar-refractivity contribution in [2.24, 2.45) is 5.92 Å². The molecule has 1 aliphatic rings. The number of benzene rings is 1. The van der Waals surface area contributed by atoms with Crippen LogP contribution in [-0.4, -0.2) is 63.4 Å². The molecule has 33 heavy (non-hydrogen) atoms. The van der Waals surface area contributed by atoms with Crippen LogP contribution in [0.1, 0.15) is 29.8 Å². The number of amides is 2. The molecular weight excluding hydrogens is 424 g/mol. The third-order valence-electron chi connectivity index (χ3n) is 5.46. The number of carbonyl (C=O) groups excluding carboxylic acids is 2. The SMILES string of the molecule is COc1cc(OC)cc(C(=O)N[C@H](C(=O)NCc2ccc(N3CCOCC3)nc2)C(C)C)c1. The smallest absolute Gasteiger partial charge is 0.252 e. The fraction of sp³-hybridized carbons (Fsp3) is 0.458. The number of aromatic nitrogens is 1. The number of pyridine rings is 1. The molecule has 2 heterocycles. The van der Waals surface area contributed by atoms with Gasteiger partial charge in [-0.1, -0.05) is 19.9 Å². The Morgan fingerprint density at radius 1 is 1.09 bits per heavy atom. The predicted molar refractivity (Wildman–Crippen MR) is 125 cm³/mol. The fourth-order valence-electron chi connectivity index (χ4n) is 3.50. The number of carbonyl (C=O) groups is 2. The summed E-state index contributed by atoms with van der Waals surface area (Å²) in [4.78, 5) is 32.4. The van der Waals surface area contributed by atoms with Gasteiger partial charge in [0.1, 0.15) is 23.4 Å². The molecule has 0 saturated carbocycles. The van der Waals surface area contributed by atoms with Crippen molar-refractivity contribution in [3.05, 3.63) is 47.7 Å². The van der Waals surface area contributed by atoms with Gasteiger partial charge < -0.3 is 29.7 Å². The maximum Gasteiger partial charge on any atom is 0.252 e. The predicted octanol–water partition coefficient (Wildman–Crippen LogP) is 2.01. The van der Waals surface area contributed by atoms with Gasteiger partial charge in [-0.2, -0.15) is 0 Å². The van der Waals surface area contributed by atoms with E-state index >= 15 is 0 Å². The maximum absolute atomic E-state index is 12.9. The van der Waals surface area contributed by atoms with Crippen LogP contribution in [0.15, 0.2) is 36.5 Å². The zero-order valence-electron chi connectivity index (χ0n) is 19.6. The molecule has 0 unspecified atom stereocenters. The summed E-state index contributed by atoms with van der Waals surface area (Å²) in [5.41, 5.74) is 1.24. The van der Waals surface area contributed by atoms with Crippen molar-refractivity contribution in [1.29, 1.82) is 0 Å². The van der Waals surface area contributed by atoms with E-state index in [-0.39, 0.29) is 17.7 Å². The van der Waals surface area contributed by atoms with Crippen molar-refractivity contribution in [3.8, 4) is 11.5 Å². The molecule has 1 aromatic carbocycles. The molecule has 0 spiro atoms. The lowest BCUT2D eigenvalue weighted by molar-refractivity contribution is -0.124. The molecule has 1 atom stereocenters. The van der Waals surface area contributed by atoms with Gasteiger partial charge in [0.15, 0.2) is 0 Å². The van der Waals surface area contributed by atoms with Crippen molar-refractivity contribution in [2.45, 2.75) is 26.4 Å². The van der Waals surface area contributed by atoms with Crippen molar-refractivity contribution < 1.29 is 23.8 Å². The summed E-state index contributed by atoms with van der Waals surface area (Å²) >= 11 is 0. The summed E-state index contributed by atoms with van der Waals surface area (Å²) in [6, 6.07) is 8.09. The van der Waals surface area contributed by atoms with Crippen LogP contribution >= 0.6 is 0 Å². The van der Waals surface area contributed by atoms with E-state index in [1.807, 2.05) is 26.0 Å². The Hall–Kier alpha value is -3.33. The Morgan fingerprint density at radius 2 is 1.76 bits per heavy atom. The number of anilines is 1. The van der Waals surface area contributed by atoms with Gasteiger partial charge in [0, 0.05) is 37.5 Å². The Labute approximate surface area is 194 Å². The molecule has 2 N–H and O–H groups in total. The Balaban J connectivity index is 1.60. The minimum absolute atomic E-state index is 0.108. The molecule has 1 saturated heterocycles. The summed E-state index contributed by atoms with van der Waals surface area (Å²) in [5, 5.41) is 5.73. The van der Waals surface area contributed by atoms with E-state index in [4.69, 9.17) is 14.2 Å². The molecule has 0 bridgehead atoms. The number of rotatable bonds is 9. The van der Waals surface area contributed by atoms with Crippen LogP contribution in [0, 0.1) is 5.92 Å². The van der Waals surface area contributed by atoms with Crippen LogP contribution in [-0.2, 0) is 16.1 Å². The first-order chi connectivity index (χ1) is 15.9. The van der Waals surface area contributed by atoms with Crippen molar-refractivity contribution >= 4 is 17.6 Å². The molecule has 1 aliphatic heterocycles. The normalized spacial score (nSPS) is 14.5. The molecular formula is C24H32N4O5. The summed E-state index contributed by atoms with van der Waals surface area (Å²) < 4.78 is 15.8. The molecule has 178 valence electrons. The number of hydrogen-bond donors (Lipinski definition) is 2. The highest BCUT2D eigenvalue weighted by Gasteiger charge is 2.25. The van der Waals surface area contributed by atoms with Crippen LogP contribution in [0.25, 0.3) is 0 Å². The average Bonchev–Trinajstić information content (AvgIpc) is 2.85. The van der Waals surface area contributed by atoms with Crippen LogP contribution < -0.4 is 25.0 Å². The molecule has 1 aromatic heterocycles. The topological polar surface area (TPSA) is 102 Å². The van der Waals surface area contributed by atoms with Gasteiger partial charge in [-0.3, -0.25) is 9.59 Å². The van der Waals surface area contributed by atoms with Gasteiger partial charge >= 0.3 is 0 Å². The fourth-order valence-corrected chi connectivity index (χ4v) is 3.50. The Kier molecular flexibility index (Phi) is 8.48.